The van der Waals surface area contributed by atoms with Gasteiger partial charge in [-0.25, -0.2) is 4.98 Å². The van der Waals surface area contributed by atoms with Crippen LogP contribution in [0.4, 0.5) is 0 Å². The number of hydrogen-bond acceptors (Lipinski definition) is 4. The van der Waals surface area contributed by atoms with Crippen molar-refractivity contribution in [2.75, 3.05) is 26.2 Å². The number of aromatic nitrogens is 2. The van der Waals surface area contributed by atoms with Gasteiger partial charge in [0.05, 0.1) is 10.6 Å². The average Bonchev–Trinajstić information content (AvgIpc) is 3.00. The third kappa shape index (κ3) is 3.80. The molecule has 0 aliphatic carbocycles. The van der Waals surface area contributed by atoms with Gasteiger partial charge >= 0.3 is 0 Å². The van der Waals surface area contributed by atoms with Crippen LogP contribution in [-0.2, 0) is 0 Å². The highest BCUT2D eigenvalue weighted by atomic mass is 35.5. The van der Waals surface area contributed by atoms with E-state index in [1.807, 2.05) is 13.0 Å². The Kier molecular flexibility index (Phi) is 5.55. The SMILES string of the molecule is Cc1ccc2ncc(C(=O)N3CCCN(C(=O)c4ccccc4Cl)CC3)c(=O)n2c1. The van der Waals surface area contributed by atoms with Crippen molar-refractivity contribution in [3.05, 3.63) is 80.9 Å². The van der Waals surface area contributed by atoms with Gasteiger partial charge in [0.25, 0.3) is 17.4 Å². The zero-order chi connectivity index (χ0) is 21.3. The number of rotatable bonds is 2. The number of carbonyl (C=O) groups excluding carboxylic acids is 2. The van der Waals surface area contributed by atoms with E-state index in [0.29, 0.717) is 48.8 Å². The van der Waals surface area contributed by atoms with E-state index in [1.165, 1.54) is 10.6 Å². The van der Waals surface area contributed by atoms with Crippen molar-refractivity contribution >= 4 is 29.1 Å². The molecule has 0 N–H and O–H groups in total. The second-order valence-electron chi connectivity index (χ2n) is 7.33. The molecule has 1 aromatic carbocycles. The Bertz CT molecular complexity index is 1190. The van der Waals surface area contributed by atoms with Crippen LogP contribution < -0.4 is 5.56 Å². The molecule has 1 saturated heterocycles. The molecule has 30 heavy (non-hydrogen) atoms. The first-order valence-corrected chi connectivity index (χ1v) is 10.1. The van der Waals surface area contributed by atoms with E-state index >= 15 is 0 Å². The lowest BCUT2D eigenvalue weighted by molar-refractivity contribution is 0.0717. The number of benzene rings is 1. The van der Waals surface area contributed by atoms with Gasteiger partial charge in [-0.05, 0) is 37.1 Å². The largest absolute Gasteiger partial charge is 0.337 e. The van der Waals surface area contributed by atoms with Gasteiger partial charge in [0.1, 0.15) is 11.2 Å². The van der Waals surface area contributed by atoms with Crippen LogP contribution in [0.3, 0.4) is 0 Å². The smallest absolute Gasteiger partial charge is 0.270 e. The standard InChI is InChI=1S/C22H21ClN4O3/c1-15-7-8-19-24-13-17(22(30)27(19)14-15)21(29)26-10-4-9-25(11-12-26)20(28)16-5-2-3-6-18(16)23/h2-3,5-8,13-14H,4,9-12H2,1H3. The summed E-state index contributed by atoms with van der Waals surface area (Å²) in [6.45, 7) is 3.56. The Morgan fingerprint density at radius 1 is 0.933 bits per heavy atom. The van der Waals surface area contributed by atoms with Gasteiger partial charge in [-0.3, -0.25) is 18.8 Å². The number of carbonyl (C=O) groups is 2. The van der Waals surface area contributed by atoms with Crippen LogP contribution in [0.1, 0.15) is 32.7 Å². The number of nitrogens with zero attached hydrogens (tertiary/aromatic N) is 4. The van der Waals surface area contributed by atoms with Crippen molar-refractivity contribution < 1.29 is 9.59 Å². The molecular formula is C22H21ClN4O3. The van der Waals surface area contributed by atoms with Crippen LogP contribution in [0.5, 0.6) is 0 Å². The third-order valence-corrected chi connectivity index (χ3v) is 5.58. The zero-order valence-electron chi connectivity index (χ0n) is 16.5. The van der Waals surface area contributed by atoms with Crippen molar-refractivity contribution in [2.45, 2.75) is 13.3 Å². The average molecular weight is 425 g/mol. The van der Waals surface area contributed by atoms with E-state index in [9.17, 15) is 14.4 Å². The van der Waals surface area contributed by atoms with E-state index in [-0.39, 0.29) is 22.9 Å². The molecule has 0 bridgehead atoms. The van der Waals surface area contributed by atoms with Gasteiger partial charge in [0.2, 0.25) is 0 Å². The van der Waals surface area contributed by atoms with Crippen LogP contribution >= 0.6 is 11.6 Å². The first-order valence-electron chi connectivity index (χ1n) is 9.77. The monoisotopic (exact) mass is 424 g/mol. The first-order chi connectivity index (χ1) is 14.5. The molecule has 3 heterocycles. The van der Waals surface area contributed by atoms with Gasteiger partial charge < -0.3 is 9.80 Å². The van der Waals surface area contributed by atoms with Crippen molar-refractivity contribution in [3.63, 3.8) is 0 Å². The fourth-order valence-corrected chi connectivity index (χ4v) is 3.84. The highest BCUT2D eigenvalue weighted by Gasteiger charge is 2.26. The van der Waals surface area contributed by atoms with E-state index in [1.54, 1.807) is 46.3 Å². The molecule has 7 nitrogen and oxygen atoms in total. The maximum Gasteiger partial charge on any atom is 0.270 e. The number of hydrogen-bond donors (Lipinski definition) is 0. The van der Waals surface area contributed by atoms with Crippen molar-refractivity contribution in [3.8, 4) is 0 Å². The lowest BCUT2D eigenvalue weighted by Crippen LogP contribution is -2.39. The Labute approximate surface area is 178 Å². The van der Waals surface area contributed by atoms with Crippen LogP contribution in [0, 0.1) is 6.92 Å². The molecule has 0 unspecified atom stereocenters. The molecule has 0 atom stereocenters. The van der Waals surface area contributed by atoms with E-state index in [2.05, 4.69) is 4.98 Å². The van der Waals surface area contributed by atoms with Gasteiger partial charge in [0.15, 0.2) is 0 Å². The molecule has 2 aromatic heterocycles. The Morgan fingerprint density at radius 3 is 2.30 bits per heavy atom. The number of fused-ring (bicyclic) bond motifs is 1. The number of amides is 2. The first kappa shape index (κ1) is 20.1. The Balaban J connectivity index is 1.54. The third-order valence-electron chi connectivity index (χ3n) is 5.25. The summed E-state index contributed by atoms with van der Waals surface area (Å²) in [5.74, 6) is -0.520. The van der Waals surface area contributed by atoms with Crippen LogP contribution in [-0.4, -0.2) is 57.2 Å². The molecule has 0 spiro atoms. The predicted octanol–water partition coefficient (Wildman–Crippen LogP) is 2.64. The maximum absolute atomic E-state index is 13.1. The Hall–Kier alpha value is -3.19. The minimum Gasteiger partial charge on any atom is -0.337 e. The van der Waals surface area contributed by atoms with E-state index in [0.717, 1.165) is 5.56 Å². The summed E-state index contributed by atoms with van der Waals surface area (Å²) in [5, 5.41) is 0.408. The molecular weight excluding hydrogens is 404 g/mol. The molecule has 1 aliphatic rings. The minimum absolute atomic E-state index is 0.0315. The van der Waals surface area contributed by atoms with Crippen LogP contribution in [0.2, 0.25) is 5.02 Å². The van der Waals surface area contributed by atoms with Crippen LogP contribution in [0.25, 0.3) is 5.65 Å². The summed E-state index contributed by atoms with van der Waals surface area (Å²) in [7, 11) is 0. The molecule has 0 saturated carbocycles. The predicted molar refractivity (Wildman–Crippen MR) is 114 cm³/mol. The quantitative estimate of drug-likeness (QED) is 0.633. The van der Waals surface area contributed by atoms with Crippen molar-refractivity contribution in [1.29, 1.82) is 0 Å². The summed E-state index contributed by atoms with van der Waals surface area (Å²) in [4.78, 5) is 46.3. The highest BCUT2D eigenvalue weighted by molar-refractivity contribution is 6.33. The van der Waals surface area contributed by atoms with E-state index in [4.69, 9.17) is 11.6 Å². The summed E-state index contributed by atoms with van der Waals surface area (Å²) < 4.78 is 1.40. The normalized spacial score (nSPS) is 14.6. The summed E-state index contributed by atoms with van der Waals surface area (Å²) in [6, 6.07) is 10.5. The summed E-state index contributed by atoms with van der Waals surface area (Å²) >= 11 is 6.16. The molecule has 3 aromatic rings. The number of pyridine rings is 1. The highest BCUT2D eigenvalue weighted by Crippen LogP contribution is 2.18. The van der Waals surface area contributed by atoms with Gasteiger partial charge in [-0.2, -0.15) is 0 Å². The minimum atomic E-state index is -0.387. The lowest BCUT2D eigenvalue weighted by atomic mass is 10.2. The van der Waals surface area contributed by atoms with Gasteiger partial charge in [-0.15, -0.1) is 0 Å². The number of halogens is 1. The molecule has 1 aliphatic heterocycles. The zero-order valence-corrected chi connectivity index (χ0v) is 17.3. The molecule has 4 rings (SSSR count). The topological polar surface area (TPSA) is 75.0 Å². The fraction of sp³-hybridized carbons (Fsp3) is 0.273. The molecule has 8 heteroatoms. The maximum atomic E-state index is 13.1. The molecule has 1 fully saturated rings. The second-order valence-corrected chi connectivity index (χ2v) is 7.74. The molecule has 2 amide bonds. The van der Waals surface area contributed by atoms with E-state index < -0.39 is 0 Å². The van der Waals surface area contributed by atoms with Crippen LogP contribution in [0.15, 0.2) is 53.6 Å². The fourth-order valence-electron chi connectivity index (χ4n) is 3.63. The van der Waals surface area contributed by atoms with Gasteiger partial charge in [0, 0.05) is 38.6 Å². The second kappa shape index (κ2) is 8.28. The Morgan fingerprint density at radius 2 is 1.60 bits per heavy atom. The summed E-state index contributed by atoms with van der Waals surface area (Å²) in [6.07, 6.45) is 3.63. The summed E-state index contributed by atoms with van der Waals surface area (Å²) in [5.41, 5.74) is 1.49. The lowest BCUT2D eigenvalue weighted by Gasteiger charge is -2.22. The molecule has 154 valence electrons. The van der Waals surface area contributed by atoms with Crippen molar-refractivity contribution in [1.82, 2.24) is 19.2 Å². The van der Waals surface area contributed by atoms with Gasteiger partial charge in [-0.1, -0.05) is 29.8 Å². The number of aryl methyl sites for hydroxylation is 1. The van der Waals surface area contributed by atoms with Crippen molar-refractivity contribution in [2.24, 2.45) is 0 Å². The molecule has 0 radical (unpaired) electrons.